The summed E-state index contributed by atoms with van der Waals surface area (Å²) >= 11 is 12.6. The highest BCUT2D eigenvalue weighted by Gasteiger charge is 2.34. The van der Waals surface area contributed by atoms with E-state index in [1.807, 2.05) is 0 Å². The van der Waals surface area contributed by atoms with Crippen LogP contribution in [0.5, 0.6) is 11.5 Å². The molecule has 1 atom stereocenters. The van der Waals surface area contributed by atoms with E-state index in [1.54, 1.807) is 55.5 Å². The minimum Gasteiger partial charge on any atom is -0.493 e. The summed E-state index contributed by atoms with van der Waals surface area (Å²) in [7, 11) is -1.43. The van der Waals surface area contributed by atoms with Crippen LogP contribution in [0.3, 0.4) is 0 Å². The first-order valence-corrected chi connectivity index (χ1v) is 16.6. The number of sulfonamides is 1. The Balaban J connectivity index is 1.70. The van der Waals surface area contributed by atoms with Crippen LogP contribution in [-0.4, -0.2) is 58.0 Å². The minimum absolute atomic E-state index is 0.0287. The molecule has 0 bridgehead atoms. The molecule has 0 radical (unpaired) electrons. The van der Waals surface area contributed by atoms with Gasteiger partial charge in [0.05, 0.1) is 24.8 Å². The van der Waals surface area contributed by atoms with Crippen LogP contribution < -0.4 is 19.1 Å². The summed E-state index contributed by atoms with van der Waals surface area (Å²) in [6.45, 7) is 1.02. The number of para-hydroxylation sites is 1. The molecule has 4 rings (SSSR count). The first-order chi connectivity index (χ1) is 21.0. The number of benzene rings is 3. The van der Waals surface area contributed by atoms with Gasteiger partial charge in [-0.25, -0.2) is 8.42 Å². The smallest absolute Gasteiger partial charge is 0.264 e. The standard InChI is InChI=1S/C32H37Cl2N3O6S/c1-22(32(39)35-25-10-6-4-7-11-25)36(20-23-14-15-24(33)18-28(23)34)31(38)21-37(26-12-8-5-9-13-26)44(40,41)27-16-17-29(42-2)30(19-27)43-3/h5,8-9,12-19,22,25H,4,6-7,10-11,20-21H2,1-3H3,(H,35,39)/t22-/m0/s1. The van der Waals surface area contributed by atoms with Gasteiger partial charge in [0.1, 0.15) is 12.6 Å². The van der Waals surface area contributed by atoms with Crippen LogP contribution >= 0.6 is 23.2 Å². The van der Waals surface area contributed by atoms with Crippen molar-refractivity contribution < 1.29 is 27.5 Å². The molecule has 1 N–H and O–H groups in total. The molecule has 9 nitrogen and oxygen atoms in total. The fourth-order valence-electron chi connectivity index (χ4n) is 5.21. The predicted octanol–water partition coefficient (Wildman–Crippen LogP) is 6.07. The van der Waals surface area contributed by atoms with Gasteiger partial charge in [-0.05, 0) is 61.7 Å². The first kappa shape index (κ1) is 33.4. The minimum atomic E-state index is -4.29. The van der Waals surface area contributed by atoms with Crippen LogP contribution in [0.15, 0.2) is 71.6 Å². The Bertz CT molecular complexity index is 1570. The Kier molecular flexibility index (Phi) is 11.4. The fraction of sp³-hybridized carbons (Fsp3) is 0.375. The molecule has 12 heteroatoms. The lowest BCUT2D eigenvalue weighted by molar-refractivity contribution is -0.139. The number of rotatable bonds is 12. The molecule has 0 saturated heterocycles. The maximum absolute atomic E-state index is 14.2. The Labute approximate surface area is 269 Å². The van der Waals surface area contributed by atoms with Crippen molar-refractivity contribution in [2.24, 2.45) is 0 Å². The number of carbonyl (C=O) groups is 2. The highest BCUT2D eigenvalue weighted by atomic mass is 35.5. The molecule has 0 aromatic heterocycles. The van der Waals surface area contributed by atoms with E-state index in [0.717, 1.165) is 36.4 Å². The number of hydrogen-bond acceptors (Lipinski definition) is 6. The Morgan fingerprint density at radius 2 is 1.61 bits per heavy atom. The average Bonchev–Trinajstić information content (AvgIpc) is 3.03. The lowest BCUT2D eigenvalue weighted by atomic mass is 9.95. The summed E-state index contributed by atoms with van der Waals surface area (Å²) in [4.78, 5) is 28.9. The van der Waals surface area contributed by atoms with E-state index < -0.39 is 28.5 Å². The molecule has 236 valence electrons. The number of halogens is 2. The van der Waals surface area contributed by atoms with Gasteiger partial charge in [-0.2, -0.15) is 0 Å². The summed E-state index contributed by atoms with van der Waals surface area (Å²) in [5.74, 6) is -0.322. The van der Waals surface area contributed by atoms with Gasteiger partial charge in [-0.1, -0.05) is 66.7 Å². The third-order valence-electron chi connectivity index (χ3n) is 7.74. The molecule has 0 spiro atoms. The molecular weight excluding hydrogens is 625 g/mol. The van der Waals surface area contributed by atoms with Crippen LogP contribution in [0.25, 0.3) is 0 Å². The molecule has 1 saturated carbocycles. The van der Waals surface area contributed by atoms with Crippen LogP contribution in [0.4, 0.5) is 5.69 Å². The number of anilines is 1. The first-order valence-electron chi connectivity index (χ1n) is 14.4. The maximum Gasteiger partial charge on any atom is 0.264 e. The molecule has 1 aliphatic carbocycles. The van der Waals surface area contributed by atoms with Crippen LogP contribution in [0.1, 0.15) is 44.6 Å². The van der Waals surface area contributed by atoms with E-state index in [2.05, 4.69) is 5.32 Å². The van der Waals surface area contributed by atoms with Crippen molar-refractivity contribution in [1.82, 2.24) is 10.2 Å². The van der Waals surface area contributed by atoms with Gasteiger partial charge in [0.15, 0.2) is 11.5 Å². The number of methoxy groups -OCH3 is 2. The summed E-state index contributed by atoms with van der Waals surface area (Å²) in [5, 5.41) is 3.84. The second-order valence-corrected chi connectivity index (χ2v) is 13.3. The molecule has 3 aromatic carbocycles. The van der Waals surface area contributed by atoms with Crippen molar-refractivity contribution in [3.8, 4) is 11.5 Å². The van der Waals surface area contributed by atoms with E-state index in [1.165, 1.54) is 37.3 Å². The van der Waals surface area contributed by atoms with Crippen molar-refractivity contribution in [3.05, 3.63) is 82.3 Å². The number of nitrogens with one attached hydrogen (secondary N) is 1. The predicted molar refractivity (Wildman–Crippen MR) is 172 cm³/mol. The molecular formula is C32H37Cl2N3O6S. The quantitative estimate of drug-likeness (QED) is 0.253. The zero-order valence-electron chi connectivity index (χ0n) is 25.0. The zero-order valence-corrected chi connectivity index (χ0v) is 27.3. The van der Waals surface area contributed by atoms with Crippen LogP contribution in [0.2, 0.25) is 10.0 Å². The van der Waals surface area contributed by atoms with E-state index in [-0.39, 0.29) is 34.8 Å². The number of ether oxygens (including phenoxy) is 2. The SMILES string of the molecule is COc1ccc(S(=O)(=O)N(CC(=O)N(Cc2ccc(Cl)cc2Cl)[C@@H](C)C(=O)NC2CCCCC2)c2ccccc2)cc1OC. The number of amides is 2. The lowest BCUT2D eigenvalue weighted by Gasteiger charge is -2.33. The van der Waals surface area contributed by atoms with Gasteiger partial charge in [-0.3, -0.25) is 13.9 Å². The van der Waals surface area contributed by atoms with Crippen molar-refractivity contribution in [2.75, 3.05) is 25.1 Å². The van der Waals surface area contributed by atoms with Crippen molar-refractivity contribution >= 4 is 50.7 Å². The zero-order chi connectivity index (χ0) is 31.9. The molecule has 0 unspecified atom stereocenters. The Hall–Kier alpha value is -3.47. The highest BCUT2D eigenvalue weighted by molar-refractivity contribution is 7.92. The van der Waals surface area contributed by atoms with Gasteiger partial charge in [0, 0.05) is 28.7 Å². The number of carbonyl (C=O) groups excluding carboxylic acids is 2. The average molecular weight is 663 g/mol. The molecule has 0 heterocycles. The Morgan fingerprint density at radius 1 is 0.932 bits per heavy atom. The third kappa shape index (κ3) is 7.97. The van der Waals surface area contributed by atoms with Crippen LogP contribution in [0, 0.1) is 0 Å². The lowest BCUT2D eigenvalue weighted by Crippen LogP contribution is -2.53. The van der Waals surface area contributed by atoms with Gasteiger partial charge in [-0.15, -0.1) is 0 Å². The van der Waals surface area contributed by atoms with Crippen molar-refractivity contribution in [3.63, 3.8) is 0 Å². The summed E-state index contributed by atoms with van der Waals surface area (Å²) < 4.78 is 39.9. The van der Waals surface area contributed by atoms with Crippen LogP contribution in [-0.2, 0) is 26.2 Å². The largest absolute Gasteiger partial charge is 0.493 e. The molecule has 1 fully saturated rings. The van der Waals surface area contributed by atoms with Crippen molar-refractivity contribution in [1.29, 1.82) is 0 Å². The van der Waals surface area contributed by atoms with E-state index in [4.69, 9.17) is 32.7 Å². The molecule has 1 aliphatic rings. The number of hydrogen-bond donors (Lipinski definition) is 1. The number of nitrogens with zero attached hydrogens (tertiary/aromatic N) is 2. The van der Waals surface area contributed by atoms with E-state index in [9.17, 15) is 18.0 Å². The van der Waals surface area contributed by atoms with E-state index in [0.29, 0.717) is 21.4 Å². The Morgan fingerprint density at radius 3 is 2.25 bits per heavy atom. The second kappa shape index (κ2) is 15.0. The fourth-order valence-corrected chi connectivity index (χ4v) is 7.11. The molecule has 2 amide bonds. The van der Waals surface area contributed by atoms with Gasteiger partial charge in [0.25, 0.3) is 10.0 Å². The molecule has 0 aliphatic heterocycles. The second-order valence-electron chi connectivity index (χ2n) is 10.6. The summed E-state index contributed by atoms with van der Waals surface area (Å²) in [6.07, 6.45) is 4.94. The van der Waals surface area contributed by atoms with E-state index >= 15 is 0 Å². The van der Waals surface area contributed by atoms with Gasteiger partial charge < -0.3 is 19.7 Å². The monoisotopic (exact) mass is 661 g/mol. The normalized spacial score (nSPS) is 14.4. The highest BCUT2D eigenvalue weighted by Crippen LogP contribution is 2.32. The van der Waals surface area contributed by atoms with Gasteiger partial charge >= 0.3 is 0 Å². The summed E-state index contributed by atoms with van der Waals surface area (Å²) in [5.41, 5.74) is 0.843. The molecule has 3 aromatic rings. The summed E-state index contributed by atoms with van der Waals surface area (Å²) in [6, 6.07) is 16.6. The topological polar surface area (TPSA) is 105 Å². The van der Waals surface area contributed by atoms with Gasteiger partial charge in [0.2, 0.25) is 11.8 Å². The maximum atomic E-state index is 14.2. The molecule has 44 heavy (non-hydrogen) atoms. The van der Waals surface area contributed by atoms with Crippen molar-refractivity contribution in [2.45, 2.75) is 62.6 Å². The third-order valence-corrected chi connectivity index (χ3v) is 10.1.